The van der Waals surface area contributed by atoms with Crippen LogP contribution in [0.2, 0.25) is 0 Å². The highest BCUT2D eigenvalue weighted by Crippen LogP contribution is 2.31. The molecule has 0 aromatic heterocycles. The van der Waals surface area contributed by atoms with Crippen LogP contribution < -0.4 is 14.8 Å². The summed E-state index contributed by atoms with van der Waals surface area (Å²) in [4.78, 5) is 24.0. The standard InChI is InChI=1S/C15H19F3N2O5/c1-9(13(21)22)7-20(2)14(23)19-10-4-5-11(24-3)12(6-10)25-8-15(16,17)18/h4-6,9H,7-8H2,1-3H3,(H,19,23)(H,21,22). The molecule has 1 aromatic rings. The minimum atomic E-state index is -4.52. The number of hydrogen-bond acceptors (Lipinski definition) is 4. The number of rotatable bonds is 7. The molecule has 1 rings (SSSR count). The number of hydrogen-bond donors (Lipinski definition) is 2. The molecular formula is C15H19F3N2O5. The van der Waals surface area contributed by atoms with Gasteiger partial charge in [0.1, 0.15) is 0 Å². The van der Waals surface area contributed by atoms with E-state index >= 15 is 0 Å². The number of nitrogens with zero attached hydrogens (tertiary/aromatic N) is 1. The summed E-state index contributed by atoms with van der Waals surface area (Å²) in [5, 5.41) is 11.3. The summed E-state index contributed by atoms with van der Waals surface area (Å²) in [5.41, 5.74) is 0.179. The van der Waals surface area contributed by atoms with Gasteiger partial charge in [-0.1, -0.05) is 6.92 Å². The van der Waals surface area contributed by atoms with Crippen molar-refractivity contribution in [3.8, 4) is 11.5 Å². The van der Waals surface area contributed by atoms with Crippen LogP contribution in [0, 0.1) is 5.92 Å². The van der Waals surface area contributed by atoms with E-state index < -0.39 is 30.7 Å². The van der Waals surface area contributed by atoms with E-state index in [1.165, 1.54) is 39.3 Å². The first-order chi connectivity index (χ1) is 11.5. The molecule has 0 saturated carbocycles. The number of urea groups is 1. The molecule has 0 bridgehead atoms. The summed E-state index contributed by atoms with van der Waals surface area (Å²) < 4.78 is 46.5. The fourth-order valence-corrected chi connectivity index (χ4v) is 1.82. The van der Waals surface area contributed by atoms with Crippen LogP contribution in [0.5, 0.6) is 11.5 Å². The number of benzene rings is 1. The van der Waals surface area contributed by atoms with E-state index in [-0.39, 0.29) is 23.7 Å². The van der Waals surface area contributed by atoms with Gasteiger partial charge in [0.25, 0.3) is 0 Å². The number of halogens is 3. The molecule has 0 radical (unpaired) electrons. The number of carboxylic acid groups (broad SMARTS) is 1. The van der Waals surface area contributed by atoms with Crippen molar-refractivity contribution in [3.63, 3.8) is 0 Å². The van der Waals surface area contributed by atoms with Crippen LogP contribution in [-0.2, 0) is 4.79 Å². The molecule has 0 aliphatic heterocycles. The predicted octanol–water partition coefficient (Wildman–Crippen LogP) is 2.82. The van der Waals surface area contributed by atoms with Gasteiger partial charge in [0.15, 0.2) is 18.1 Å². The van der Waals surface area contributed by atoms with Crippen molar-refractivity contribution in [1.29, 1.82) is 0 Å². The Morgan fingerprint density at radius 2 is 1.96 bits per heavy atom. The molecule has 0 aliphatic rings. The molecule has 1 atom stereocenters. The number of ether oxygens (including phenoxy) is 2. The molecule has 0 heterocycles. The first-order valence-corrected chi connectivity index (χ1v) is 7.16. The number of aliphatic carboxylic acids is 1. The van der Waals surface area contributed by atoms with Crippen molar-refractivity contribution >= 4 is 17.7 Å². The Morgan fingerprint density at radius 1 is 1.32 bits per heavy atom. The Morgan fingerprint density at radius 3 is 2.48 bits per heavy atom. The molecule has 1 unspecified atom stereocenters. The summed E-state index contributed by atoms with van der Waals surface area (Å²) in [6.45, 7) is -0.0892. The van der Waals surface area contributed by atoms with Crippen LogP contribution >= 0.6 is 0 Å². The maximum absolute atomic E-state index is 12.3. The minimum Gasteiger partial charge on any atom is -0.493 e. The van der Waals surface area contributed by atoms with E-state index in [4.69, 9.17) is 9.84 Å². The van der Waals surface area contributed by atoms with Crippen LogP contribution in [0.15, 0.2) is 18.2 Å². The van der Waals surface area contributed by atoms with E-state index in [1.54, 1.807) is 0 Å². The number of carbonyl (C=O) groups excluding carboxylic acids is 1. The number of nitrogens with one attached hydrogen (secondary N) is 1. The van der Waals surface area contributed by atoms with Gasteiger partial charge < -0.3 is 24.8 Å². The Balaban J connectivity index is 2.81. The monoisotopic (exact) mass is 364 g/mol. The molecule has 0 spiro atoms. The second-order valence-corrected chi connectivity index (χ2v) is 5.32. The fourth-order valence-electron chi connectivity index (χ4n) is 1.82. The summed E-state index contributed by atoms with van der Waals surface area (Å²) in [6.07, 6.45) is -4.52. The molecule has 140 valence electrons. The molecule has 10 heteroatoms. The van der Waals surface area contributed by atoms with Gasteiger partial charge in [-0.25, -0.2) is 4.79 Å². The van der Waals surface area contributed by atoms with Crippen LogP contribution in [-0.4, -0.2) is 55.5 Å². The highest BCUT2D eigenvalue weighted by atomic mass is 19.4. The summed E-state index contributed by atoms with van der Waals surface area (Å²) in [6, 6.07) is 3.35. The summed E-state index contributed by atoms with van der Waals surface area (Å²) in [5.74, 6) is -1.92. The fraction of sp³-hybridized carbons (Fsp3) is 0.467. The third-order valence-corrected chi connectivity index (χ3v) is 3.12. The van der Waals surface area contributed by atoms with Gasteiger partial charge in [-0.05, 0) is 12.1 Å². The van der Waals surface area contributed by atoms with Gasteiger partial charge in [0.05, 0.1) is 13.0 Å². The maximum Gasteiger partial charge on any atom is 0.422 e. The molecular weight excluding hydrogens is 345 g/mol. The lowest BCUT2D eigenvalue weighted by atomic mass is 10.2. The van der Waals surface area contributed by atoms with Crippen molar-refractivity contribution in [1.82, 2.24) is 4.90 Å². The maximum atomic E-state index is 12.3. The zero-order valence-electron chi connectivity index (χ0n) is 13.9. The molecule has 7 nitrogen and oxygen atoms in total. The lowest BCUT2D eigenvalue weighted by molar-refractivity contribution is -0.153. The van der Waals surface area contributed by atoms with E-state index in [2.05, 4.69) is 10.1 Å². The Bertz CT molecular complexity index is 622. The Hall–Kier alpha value is -2.65. The predicted molar refractivity (Wildman–Crippen MR) is 83.0 cm³/mol. The molecule has 2 amide bonds. The topological polar surface area (TPSA) is 88.1 Å². The third-order valence-electron chi connectivity index (χ3n) is 3.12. The Labute approximate surface area is 142 Å². The highest BCUT2D eigenvalue weighted by molar-refractivity contribution is 5.89. The second-order valence-electron chi connectivity index (χ2n) is 5.32. The number of carboxylic acids is 1. The van der Waals surface area contributed by atoms with Gasteiger partial charge in [-0.2, -0.15) is 13.2 Å². The lowest BCUT2D eigenvalue weighted by Gasteiger charge is -2.20. The summed E-state index contributed by atoms with van der Waals surface area (Å²) in [7, 11) is 2.68. The zero-order valence-corrected chi connectivity index (χ0v) is 13.9. The first-order valence-electron chi connectivity index (χ1n) is 7.16. The van der Waals surface area contributed by atoms with Crippen LogP contribution in [0.3, 0.4) is 0 Å². The highest BCUT2D eigenvalue weighted by Gasteiger charge is 2.29. The van der Waals surface area contributed by atoms with E-state index in [0.717, 1.165) is 4.90 Å². The average molecular weight is 364 g/mol. The SMILES string of the molecule is COc1ccc(NC(=O)N(C)CC(C)C(=O)O)cc1OCC(F)(F)F. The normalized spacial score (nSPS) is 12.2. The first kappa shape index (κ1) is 20.4. The molecule has 25 heavy (non-hydrogen) atoms. The smallest absolute Gasteiger partial charge is 0.422 e. The molecule has 2 N–H and O–H groups in total. The van der Waals surface area contributed by atoms with Crippen molar-refractivity contribution < 1.29 is 37.3 Å². The second kappa shape index (κ2) is 8.45. The van der Waals surface area contributed by atoms with Gasteiger partial charge in [0.2, 0.25) is 0 Å². The van der Waals surface area contributed by atoms with Crippen molar-refractivity contribution in [3.05, 3.63) is 18.2 Å². The van der Waals surface area contributed by atoms with Gasteiger partial charge in [-0.15, -0.1) is 0 Å². The molecule has 0 saturated heterocycles. The largest absolute Gasteiger partial charge is 0.493 e. The van der Waals surface area contributed by atoms with Crippen LogP contribution in [0.4, 0.5) is 23.7 Å². The number of alkyl halides is 3. The van der Waals surface area contributed by atoms with Crippen LogP contribution in [0.1, 0.15) is 6.92 Å². The van der Waals surface area contributed by atoms with Gasteiger partial charge in [0, 0.05) is 25.3 Å². The van der Waals surface area contributed by atoms with Crippen LogP contribution in [0.25, 0.3) is 0 Å². The number of anilines is 1. The zero-order chi connectivity index (χ0) is 19.2. The molecule has 0 fully saturated rings. The number of carbonyl (C=O) groups is 2. The van der Waals surface area contributed by atoms with Gasteiger partial charge >= 0.3 is 18.2 Å². The van der Waals surface area contributed by atoms with Crippen molar-refractivity contribution in [2.75, 3.05) is 32.6 Å². The average Bonchev–Trinajstić information content (AvgIpc) is 2.52. The van der Waals surface area contributed by atoms with E-state index in [1.807, 2.05) is 0 Å². The van der Waals surface area contributed by atoms with Crippen molar-refractivity contribution in [2.24, 2.45) is 5.92 Å². The van der Waals surface area contributed by atoms with Crippen molar-refractivity contribution in [2.45, 2.75) is 13.1 Å². The van der Waals surface area contributed by atoms with Gasteiger partial charge in [-0.3, -0.25) is 4.79 Å². The molecule has 1 aromatic carbocycles. The van der Waals surface area contributed by atoms with E-state index in [0.29, 0.717) is 0 Å². The lowest BCUT2D eigenvalue weighted by Crippen LogP contribution is -2.36. The number of methoxy groups -OCH3 is 1. The van der Waals surface area contributed by atoms with E-state index in [9.17, 15) is 22.8 Å². The number of amides is 2. The third kappa shape index (κ3) is 6.77. The Kier molecular flexibility index (Phi) is 6.89. The summed E-state index contributed by atoms with van der Waals surface area (Å²) >= 11 is 0. The molecule has 0 aliphatic carbocycles. The quantitative estimate of drug-likeness (QED) is 0.777. The minimum absolute atomic E-state index is 0.0330.